The second-order valence-corrected chi connectivity index (χ2v) is 13.6. The summed E-state index contributed by atoms with van der Waals surface area (Å²) in [6.45, 7) is 0.666. The lowest BCUT2D eigenvalue weighted by molar-refractivity contribution is -0.157. The van der Waals surface area contributed by atoms with Gasteiger partial charge >= 0.3 is 6.03 Å². The second kappa shape index (κ2) is 14.1. The van der Waals surface area contributed by atoms with E-state index in [0.29, 0.717) is 10.9 Å². The van der Waals surface area contributed by atoms with Crippen LogP contribution in [0, 0.1) is 0 Å². The summed E-state index contributed by atoms with van der Waals surface area (Å²) in [6.07, 6.45) is 5.08. The maximum atomic E-state index is 14.2. The number of ether oxygens (including phenoxy) is 1. The third-order valence-corrected chi connectivity index (χ3v) is 10.2. The molecule has 0 radical (unpaired) electrons. The number of carbonyl (C=O) groups is 3. The van der Waals surface area contributed by atoms with E-state index in [0.717, 1.165) is 26.9 Å². The number of fused-ring (bicyclic) bond motifs is 2. The summed E-state index contributed by atoms with van der Waals surface area (Å²) < 4.78 is 6.41. The quantitative estimate of drug-likeness (QED) is 0.274. The molecule has 2 saturated heterocycles. The van der Waals surface area contributed by atoms with Gasteiger partial charge in [0.05, 0.1) is 40.7 Å². The Kier molecular flexibility index (Phi) is 9.90. The fraction of sp³-hybridized carbons (Fsp3) is 0.375. The minimum absolute atomic E-state index is 0.0708. The number of nitrogen functional groups attached to an aromatic ring is 1. The summed E-state index contributed by atoms with van der Waals surface area (Å²) in [6, 6.07) is 11.8. The molecule has 2 aromatic carbocycles. The van der Waals surface area contributed by atoms with Crippen molar-refractivity contribution < 1.29 is 24.2 Å². The predicted molar refractivity (Wildman–Crippen MR) is 181 cm³/mol. The summed E-state index contributed by atoms with van der Waals surface area (Å²) in [7, 11) is 1.61. The van der Waals surface area contributed by atoms with E-state index in [1.807, 2.05) is 36.4 Å². The number of anilines is 1. The van der Waals surface area contributed by atoms with Crippen molar-refractivity contribution in [2.45, 2.75) is 35.9 Å². The van der Waals surface area contributed by atoms with Gasteiger partial charge in [0.2, 0.25) is 11.8 Å². The van der Waals surface area contributed by atoms with Crippen LogP contribution in [-0.2, 0) is 22.6 Å². The molecule has 2 aliphatic heterocycles. The highest BCUT2D eigenvalue weighted by Crippen LogP contribution is 2.32. The first-order valence-corrected chi connectivity index (χ1v) is 16.8. The molecule has 4 amide bonds. The number of urea groups is 1. The molecule has 4 atom stereocenters. The van der Waals surface area contributed by atoms with Gasteiger partial charge in [-0.2, -0.15) is 5.01 Å². The van der Waals surface area contributed by atoms with Crippen molar-refractivity contribution >= 4 is 67.7 Å². The van der Waals surface area contributed by atoms with Gasteiger partial charge in [-0.25, -0.2) is 9.78 Å². The Morgan fingerprint density at radius 3 is 2.72 bits per heavy atom. The lowest BCUT2D eigenvalue weighted by Crippen LogP contribution is -2.65. The molecule has 15 heteroatoms. The Labute approximate surface area is 285 Å². The first-order valence-electron chi connectivity index (χ1n) is 15.1. The number of aliphatic hydroxyl groups is 1. The van der Waals surface area contributed by atoms with Crippen LogP contribution in [0.1, 0.15) is 11.1 Å². The number of halogens is 2. The molecule has 4 N–H and O–H groups in total. The van der Waals surface area contributed by atoms with E-state index in [1.165, 1.54) is 16.3 Å². The molecule has 6 rings (SSSR count). The van der Waals surface area contributed by atoms with Gasteiger partial charge in [-0.1, -0.05) is 53.8 Å². The number of hydrazine groups is 1. The van der Waals surface area contributed by atoms with Crippen molar-refractivity contribution in [1.29, 1.82) is 0 Å². The van der Waals surface area contributed by atoms with Gasteiger partial charge in [0.1, 0.15) is 24.6 Å². The summed E-state index contributed by atoms with van der Waals surface area (Å²) in [5.41, 5.74) is 9.24. The van der Waals surface area contributed by atoms with Crippen molar-refractivity contribution in [3.8, 4) is 5.75 Å². The molecule has 3 aromatic rings. The molecule has 0 saturated carbocycles. The van der Waals surface area contributed by atoms with E-state index < -0.39 is 18.2 Å². The molecule has 0 spiro atoms. The number of hydrogen-bond acceptors (Lipinski definition) is 9. The van der Waals surface area contributed by atoms with Crippen LogP contribution >= 0.6 is 34.5 Å². The Bertz CT molecular complexity index is 1720. The van der Waals surface area contributed by atoms with Crippen LogP contribution < -0.4 is 15.8 Å². The highest BCUT2D eigenvalue weighted by atomic mass is 35.5. The van der Waals surface area contributed by atoms with E-state index in [1.54, 1.807) is 46.1 Å². The van der Waals surface area contributed by atoms with Gasteiger partial charge in [0.15, 0.2) is 5.13 Å². The van der Waals surface area contributed by atoms with Crippen LogP contribution in [0.25, 0.3) is 10.2 Å². The van der Waals surface area contributed by atoms with Crippen LogP contribution in [-0.4, -0.2) is 111 Å². The summed E-state index contributed by atoms with van der Waals surface area (Å²) in [4.78, 5) is 49.0. The highest BCUT2D eigenvalue weighted by molar-refractivity contribution is 7.22. The number of nitrogens with zero attached hydrogens (tertiary/aromatic N) is 5. The molecule has 248 valence electrons. The van der Waals surface area contributed by atoms with E-state index in [-0.39, 0.29) is 68.4 Å². The second-order valence-electron chi connectivity index (χ2n) is 11.5. The number of aromatic nitrogens is 1. The topological polar surface area (TPSA) is 145 Å². The molecule has 47 heavy (non-hydrogen) atoms. The minimum atomic E-state index is -0.812. The number of aliphatic hydroxyl groups excluding tert-OH is 1. The van der Waals surface area contributed by atoms with Crippen molar-refractivity contribution in [2.24, 2.45) is 0 Å². The number of rotatable bonds is 10. The van der Waals surface area contributed by atoms with Crippen LogP contribution in [0.15, 0.2) is 66.3 Å². The summed E-state index contributed by atoms with van der Waals surface area (Å²) in [5, 5.41) is 14.8. The number of benzene rings is 2. The summed E-state index contributed by atoms with van der Waals surface area (Å²) >= 11 is 13.8. The standard InChI is InChI=1S/C32H35Cl2N7O5S/c1-38(32(45)36-15-20-7-10-23(33)24(34)13-20)40-18-28(43)41-25(14-19-5-8-22(9-6-19)46-12-11-42)30(44)39(17-27(40)41)16-21-3-2-4-26-29(21)37-31(35)47-26/h2-10,13,23-25,27,42H,11-12,14-18H2,1H3,(H2,35,37)(H,36,45)/t23?,24?,25-,27+/m0/s1. The number of nitrogens with two attached hydrogens (primary N) is 1. The van der Waals surface area contributed by atoms with Gasteiger partial charge in [-0.15, -0.1) is 23.2 Å². The maximum absolute atomic E-state index is 14.2. The monoisotopic (exact) mass is 699 g/mol. The molecular weight excluding hydrogens is 665 g/mol. The van der Waals surface area contributed by atoms with Crippen molar-refractivity contribution in [3.63, 3.8) is 0 Å². The van der Waals surface area contributed by atoms with Gasteiger partial charge in [-0.05, 0) is 34.9 Å². The van der Waals surface area contributed by atoms with Crippen LogP contribution in [0.5, 0.6) is 5.75 Å². The zero-order valence-electron chi connectivity index (χ0n) is 25.6. The largest absolute Gasteiger partial charge is 0.491 e. The fourth-order valence-electron chi connectivity index (χ4n) is 6.11. The van der Waals surface area contributed by atoms with Crippen LogP contribution in [0.2, 0.25) is 0 Å². The third kappa shape index (κ3) is 7.04. The van der Waals surface area contributed by atoms with Crippen LogP contribution in [0.4, 0.5) is 9.93 Å². The molecular formula is C32H35Cl2N7O5S. The number of allylic oxidation sites excluding steroid dienone is 2. The third-order valence-electron chi connectivity index (χ3n) is 8.45. The zero-order valence-corrected chi connectivity index (χ0v) is 27.9. The van der Waals surface area contributed by atoms with Crippen molar-refractivity contribution in [3.05, 3.63) is 77.4 Å². The molecule has 0 bridgehead atoms. The molecule has 1 aromatic heterocycles. The lowest BCUT2D eigenvalue weighted by Gasteiger charge is -2.45. The number of para-hydroxylation sites is 1. The molecule has 3 aliphatic rings. The van der Waals surface area contributed by atoms with E-state index in [9.17, 15) is 14.4 Å². The number of alkyl halides is 2. The highest BCUT2D eigenvalue weighted by Gasteiger charge is 2.51. The van der Waals surface area contributed by atoms with Gasteiger partial charge < -0.3 is 30.7 Å². The number of carbonyl (C=O) groups excluding carboxylic acids is 3. The first kappa shape index (κ1) is 33.0. The lowest BCUT2D eigenvalue weighted by atomic mass is 9.99. The van der Waals surface area contributed by atoms with Gasteiger partial charge in [-0.3, -0.25) is 14.6 Å². The smallest absolute Gasteiger partial charge is 0.332 e. The SMILES string of the molecule is CN(C(=O)NCC1=CC(Cl)C(Cl)C=C1)N1CC(=O)N2[C@@H](Cc3ccc(OCCO)cc3)C(=O)N(Cc3cccc4sc(N)nc34)C[C@@H]21. The number of thiazole rings is 1. The molecule has 12 nitrogen and oxygen atoms in total. The Morgan fingerprint density at radius 2 is 1.98 bits per heavy atom. The normalized spacial score (nSPS) is 22.9. The molecule has 3 heterocycles. The predicted octanol–water partition coefficient (Wildman–Crippen LogP) is 2.94. The average molecular weight is 701 g/mol. The zero-order chi connectivity index (χ0) is 33.2. The van der Waals surface area contributed by atoms with E-state index >= 15 is 0 Å². The Balaban J connectivity index is 1.25. The number of amides is 4. The Hall–Kier alpha value is -3.88. The maximum Gasteiger partial charge on any atom is 0.332 e. The van der Waals surface area contributed by atoms with Gasteiger partial charge in [0.25, 0.3) is 0 Å². The fourth-order valence-corrected chi connectivity index (χ4v) is 7.29. The van der Waals surface area contributed by atoms with E-state index in [2.05, 4.69) is 10.3 Å². The molecule has 1 aliphatic carbocycles. The Morgan fingerprint density at radius 1 is 1.19 bits per heavy atom. The van der Waals surface area contributed by atoms with Crippen molar-refractivity contribution in [1.82, 2.24) is 30.1 Å². The molecule has 2 fully saturated rings. The average Bonchev–Trinajstić information content (AvgIpc) is 3.61. The summed E-state index contributed by atoms with van der Waals surface area (Å²) in [5.74, 6) is 0.141. The minimum Gasteiger partial charge on any atom is -0.491 e. The molecule has 2 unspecified atom stereocenters. The first-order chi connectivity index (χ1) is 22.6. The number of hydrogen-bond donors (Lipinski definition) is 3. The van der Waals surface area contributed by atoms with E-state index in [4.69, 9.17) is 38.8 Å². The number of nitrogens with one attached hydrogen (secondary N) is 1. The van der Waals surface area contributed by atoms with Crippen molar-refractivity contribution in [2.75, 3.05) is 45.6 Å². The van der Waals surface area contributed by atoms with Gasteiger partial charge in [0, 0.05) is 26.6 Å². The number of piperazine rings is 1. The van der Waals surface area contributed by atoms with Crippen LogP contribution in [0.3, 0.4) is 0 Å².